The van der Waals surface area contributed by atoms with Crippen molar-refractivity contribution in [1.82, 2.24) is 4.98 Å². The topological polar surface area (TPSA) is 47.0 Å². The smallest absolute Gasteiger partial charge is 0.176 e. The molecular weight excluding hydrogens is 325 g/mol. The second-order valence-electron chi connectivity index (χ2n) is 4.91. The quantitative estimate of drug-likeness (QED) is 0.662. The minimum Gasteiger partial charge on any atom is -0.232 e. The first-order valence-corrected chi connectivity index (χ1v) is 8.69. The fraction of sp³-hybridized carbons (Fsp3) is 0.0625. The first-order chi connectivity index (χ1) is 10.4. The van der Waals surface area contributed by atoms with Gasteiger partial charge in [-0.25, -0.2) is 17.8 Å². The van der Waals surface area contributed by atoms with Crippen molar-refractivity contribution < 1.29 is 12.8 Å². The number of pyridine rings is 1. The minimum absolute atomic E-state index is 0.0636. The number of para-hydroxylation sites is 1. The maximum Gasteiger partial charge on any atom is 0.176 e. The van der Waals surface area contributed by atoms with Gasteiger partial charge in [0.25, 0.3) is 0 Å². The van der Waals surface area contributed by atoms with Crippen LogP contribution in [0.2, 0.25) is 5.15 Å². The molecule has 0 spiro atoms. The van der Waals surface area contributed by atoms with Gasteiger partial charge in [0.1, 0.15) is 16.5 Å². The number of sulfone groups is 1. The Kier molecular flexibility index (Phi) is 3.62. The van der Waals surface area contributed by atoms with E-state index >= 15 is 0 Å². The number of aromatic nitrogens is 1. The van der Waals surface area contributed by atoms with Crippen LogP contribution in [-0.2, 0) is 9.84 Å². The molecule has 0 aliphatic rings. The molecule has 3 aromatic rings. The number of hydrogen-bond acceptors (Lipinski definition) is 3. The van der Waals surface area contributed by atoms with E-state index < -0.39 is 15.7 Å². The van der Waals surface area contributed by atoms with Gasteiger partial charge in [0.05, 0.1) is 4.90 Å². The van der Waals surface area contributed by atoms with E-state index in [9.17, 15) is 12.8 Å². The molecule has 0 aliphatic heterocycles. The van der Waals surface area contributed by atoms with Crippen molar-refractivity contribution in [2.75, 3.05) is 6.26 Å². The summed E-state index contributed by atoms with van der Waals surface area (Å²) in [6.45, 7) is 0. The zero-order valence-corrected chi connectivity index (χ0v) is 13.1. The Morgan fingerprint density at radius 1 is 1.05 bits per heavy atom. The van der Waals surface area contributed by atoms with Gasteiger partial charge >= 0.3 is 0 Å². The third-order valence-corrected chi connectivity index (χ3v) is 4.77. The van der Waals surface area contributed by atoms with E-state index in [0.717, 1.165) is 6.26 Å². The normalized spacial score (nSPS) is 11.8. The van der Waals surface area contributed by atoms with Crippen molar-refractivity contribution in [3.05, 3.63) is 59.5 Å². The molecule has 0 atom stereocenters. The van der Waals surface area contributed by atoms with Crippen LogP contribution < -0.4 is 0 Å². The lowest BCUT2D eigenvalue weighted by Gasteiger charge is -2.10. The Labute approximate surface area is 132 Å². The lowest BCUT2D eigenvalue weighted by atomic mass is 10.1. The van der Waals surface area contributed by atoms with Crippen LogP contribution in [0.15, 0.2) is 53.4 Å². The molecular formula is C16H11ClFNO2S. The van der Waals surface area contributed by atoms with Crippen LogP contribution in [0.3, 0.4) is 0 Å². The van der Waals surface area contributed by atoms with E-state index in [4.69, 9.17) is 11.6 Å². The highest BCUT2D eigenvalue weighted by Gasteiger charge is 2.17. The van der Waals surface area contributed by atoms with E-state index in [-0.39, 0.29) is 15.6 Å². The SMILES string of the molecule is CS(=O)(=O)c1ccccc1-c1cc2cccc(F)c2nc1Cl. The van der Waals surface area contributed by atoms with Crippen molar-refractivity contribution in [2.45, 2.75) is 4.90 Å². The minimum atomic E-state index is -3.42. The van der Waals surface area contributed by atoms with Gasteiger partial charge in [0, 0.05) is 22.8 Å². The van der Waals surface area contributed by atoms with Gasteiger partial charge in [-0.1, -0.05) is 41.9 Å². The Morgan fingerprint density at radius 2 is 1.77 bits per heavy atom. The fourth-order valence-electron chi connectivity index (χ4n) is 2.34. The second-order valence-corrected chi connectivity index (χ2v) is 7.25. The lowest BCUT2D eigenvalue weighted by molar-refractivity contribution is 0.602. The van der Waals surface area contributed by atoms with Gasteiger partial charge in [0.2, 0.25) is 0 Å². The summed E-state index contributed by atoms with van der Waals surface area (Å²) in [5.74, 6) is -0.470. The van der Waals surface area contributed by atoms with Crippen molar-refractivity contribution >= 4 is 32.3 Å². The van der Waals surface area contributed by atoms with Gasteiger partial charge in [-0.2, -0.15) is 0 Å². The summed E-state index contributed by atoms with van der Waals surface area (Å²) >= 11 is 6.16. The summed E-state index contributed by atoms with van der Waals surface area (Å²) < 4.78 is 37.6. The Balaban J connectivity index is 2.35. The second kappa shape index (κ2) is 5.34. The van der Waals surface area contributed by atoms with Crippen LogP contribution in [0.5, 0.6) is 0 Å². The van der Waals surface area contributed by atoms with Crippen molar-refractivity contribution in [1.29, 1.82) is 0 Å². The Morgan fingerprint density at radius 3 is 2.50 bits per heavy atom. The highest BCUT2D eigenvalue weighted by molar-refractivity contribution is 7.90. The van der Waals surface area contributed by atoms with Gasteiger partial charge < -0.3 is 0 Å². The molecule has 0 bridgehead atoms. The number of halogens is 2. The average molecular weight is 336 g/mol. The first-order valence-electron chi connectivity index (χ1n) is 6.42. The molecule has 0 radical (unpaired) electrons. The summed E-state index contributed by atoms with van der Waals surface area (Å²) in [5.41, 5.74) is 1.07. The maximum absolute atomic E-state index is 13.8. The summed E-state index contributed by atoms with van der Waals surface area (Å²) in [6.07, 6.45) is 1.13. The maximum atomic E-state index is 13.8. The van der Waals surface area contributed by atoms with E-state index in [1.807, 2.05) is 0 Å². The van der Waals surface area contributed by atoms with Crippen LogP contribution in [-0.4, -0.2) is 19.7 Å². The highest BCUT2D eigenvalue weighted by atomic mass is 35.5. The van der Waals surface area contributed by atoms with Crippen LogP contribution in [0, 0.1) is 5.82 Å². The summed E-state index contributed by atoms with van der Waals surface area (Å²) in [7, 11) is -3.42. The zero-order valence-electron chi connectivity index (χ0n) is 11.5. The van der Waals surface area contributed by atoms with Crippen LogP contribution in [0.4, 0.5) is 4.39 Å². The third-order valence-electron chi connectivity index (χ3n) is 3.33. The van der Waals surface area contributed by atoms with Crippen LogP contribution >= 0.6 is 11.6 Å². The van der Waals surface area contributed by atoms with E-state index in [1.165, 1.54) is 12.1 Å². The van der Waals surface area contributed by atoms with Crippen molar-refractivity contribution in [2.24, 2.45) is 0 Å². The van der Waals surface area contributed by atoms with Gasteiger partial charge in [-0.3, -0.25) is 0 Å². The number of benzene rings is 2. The van der Waals surface area contributed by atoms with Gasteiger partial charge in [-0.15, -0.1) is 0 Å². The molecule has 112 valence electrons. The predicted molar refractivity (Wildman–Crippen MR) is 85.3 cm³/mol. The third kappa shape index (κ3) is 2.58. The summed E-state index contributed by atoms with van der Waals surface area (Å²) in [5, 5.41) is 0.622. The number of hydrogen-bond donors (Lipinski definition) is 0. The highest BCUT2D eigenvalue weighted by Crippen LogP contribution is 2.34. The van der Waals surface area contributed by atoms with Crippen LogP contribution in [0.1, 0.15) is 0 Å². The fourth-order valence-corrected chi connectivity index (χ4v) is 3.49. The molecule has 3 nitrogen and oxygen atoms in total. The van der Waals surface area contributed by atoms with Crippen LogP contribution in [0.25, 0.3) is 22.0 Å². The van der Waals surface area contributed by atoms with Gasteiger partial charge in [-0.05, 0) is 18.2 Å². The standard InChI is InChI=1S/C16H11ClFNO2S/c1-22(20,21)14-8-3-2-6-11(14)12-9-10-5-4-7-13(18)15(10)19-16(12)17/h2-9H,1H3. The average Bonchev–Trinajstić information content (AvgIpc) is 2.47. The summed E-state index contributed by atoms with van der Waals surface area (Å²) in [6, 6.07) is 12.8. The molecule has 22 heavy (non-hydrogen) atoms. The largest absolute Gasteiger partial charge is 0.232 e. The zero-order chi connectivity index (χ0) is 15.9. The van der Waals surface area contributed by atoms with Gasteiger partial charge in [0.15, 0.2) is 9.84 Å². The molecule has 0 aliphatic carbocycles. The molecule has 0 fully saturated rings. The Hall–Kier alpha value is -1.98. The molecule has 1 aromatic heterocycles. The molecule has 3 rings (SSSR count). The van der Waals surface area contributed by atoms with Crippen molar-refractivity contribution in [3.63, 3.8) is 0 Å². The molecule has 1 heterocycles. The molecule has 0 amide bonds. The molecule has 6 heteroatoms. The lowest BCUT2D eigenvalue weighted by Crippen LogP contribution is -2.00. The molecule has 2 aromatic carbocycles. The Bertz CT molecular complexity index is 987. The van der Waals surface area contributed by atoms with Crippen molar-refractivity contribution in [3.8, 4) is 11.1 Å². The van der Waals surface area contributed by atoms with E-state index in [1.54, 1.807) is 36.4 Å². The predicted octanol–water partition coefficient (Wildman–Crippen LogP) is 4.10. The molecule has 0 saturated heterocycles. The number of rotatable bonds is 2. The summed E-state index contributed by atoms with van der Waals surface area (Å²) in [4.78, 5) is 4.23. The molecule has 0 N–H and O–H groups in total. The first kappa shape index (κ1) is 14.9. The molecule has 0 unspecified atom stereocenters. The van der Waals surface area contributed by atoms with E-state index in [2.05, 4.69) is 4.98 Å². The number of nitrogens with zero attached hydrogens (tertiary/aromatic N) is 1. The molecule has 0 saturated carbocycles. The monoisotopic (exact) mass is 335 g/mol. The number of fused-ring (bicyclic) bond motifs is 1. The van der Waals surface area contributed by atoms with E-state index in [0.29, 0.717) is 16.5 Å².